The second-order valence-electron chi connectivity index (χ2n) is 7.00. The molecule has 1 aliphatic heterocycles. The Morgan fingerprint density at radius 2 is 1.38 bits per heavy atom. The summed E-state index contributed by atoms with van der Waals surface area (Å²) in [4.78, 5) is 83.3. The van der Waals surface area contributed by atoms with Crippen molar-refractivity contribution in [2.45, 2.75) is 46.5 Å². The molecule has 0 aromatic carbocycles. The molecule has 1 atom stereocenters. The molecule has 40 heavy (non-hydrogen) atoms. The number of aromatic nitrogens is 6. The minimum absolute atomic E-state index is 0. The summed E-state index contributed by atoms with van der Waals surface area (Å²) in [6.07, 6.45) is 2.34. The van der Waals surface area contributed by atoms with Gasteiger partial charge in [0, 0.05) is 68.9 Å². The predicted octanol–water partition coefficient (Wildman–Crippen LogP) is -1.90. The summed E-state index contributed by atoms with van der Waals surface area (Å²) in [6.45, 7) is 5.68. The number of aryl methyl sites for hydroxylation is 1. The van der Waals surface area contributed by atoms with Gasteiger partial charge in [-0.1, -0.05) is 14.0 Å². The highest BCUT2D eigenvalue weighted by Crippen LogP contribution is 2.11. The standard InChI is InChI=1S/2C7H8N2O3.C4H4N2O2.C3H4O.C2H6O.CH4/c10-5-1-2-6(11)9-7(12)3-4-8(5)9;10-5-1-4-9-7(12)3-2-6(11)8-9;7-3-1-2-4(8)6-5-3;1-2-3-4;1-2-3;/h1-2,7,12H,3-4H2;2-3,5H,1,4H2,(H,8,11);1-2H,(H,5,7)(H,6,8);2-3H,1H2;3H,2H2,1H3;1H4/t7-;;;;;/m1...../s1. The van der Waals surface area contributed by atoms with Gasteiger partial charge in [-0.2, -0.15) is 0 Å². The number of aldehydes is 2. The van der Waals surface area contributed by atoms with E-state index in [4.69, 9.17) is 9.90 Å². The van der Waals surface area contributed by atoms with Gasteiger partial charge in [0.25, 0.3) is 33.4 Å². The third-order valence-corrected chi connectivity index (χ3v) is 4.14. The smallest absolute Gasteiger partial charge is 0.267 e. The minimum Gasteiger partial charge on any atom is -0.397 e. The molecule has 16 nitrogen and oxygen atoms in total. The van der Waals surface area contributed by atoms with E-state index >= 15 is 0 Å². The van der Waals surface area contributed by atoms with Crippen molar-refractivity contribution in [2.75, 3.05) is 6.61 Å². The van der Waals surface area contributed by atoms with E-state index in [2.05, 4.69) is 21.9 Å². The first kappa shape index (κ1) is 37.2. The number of carbonyl (C=O) groups is 2. The molecule has 5 N–H and O–H groups in total. The van der Waals surface area contributed by atoms with Crippen LogP contribution in [0.2, 0.25) is 0 Å². The fraction of sp³-hybridized carbons (Fsp3) is 0.333. The van der Waals surface area contributed by atoms with Gasteiger partial charge in [-0.05, 0) is 13.0 Å². The van der Waals surface area contributed by atoms with Crippen LogP contribution in [0.4, 0.5) is 0 Å². The number of allylic oxidation sites excluding steroid dienone is 1. The van der Waals surface area contributed by atoms with Gasteiger partial charge < -0.3 is 15.0 Å². The SMILES string of the molecule is C.C=CC=O.CCO.O=CCCn1[nH]c(=O)ccc1=O.O=c1ccc(=O)[nH][nH]1.O=c1ccc(=O)n2n1CC[C@H]2O. The maximum atomic E-state index is 11.1. The topological polar surface area (TPSA) is 239 Å². The third-order valence-electron chi connectivity index (χ3n) is 4.14. The van der Waals surface area contributed by atoms with Gasteiger partial charge >= 0.3 is 0 Å². The molecule has 0 saturated heterocycles. The molecule has 0 amide bonds. The average molecular weight is 567 g/mol. The van der Waals surface area contributed by atoms with Gasteiger partial charge in [-0.3, -0.25) is 48.9 Å². The summed E-state index contributed by atoms with van der Waals surface area (Å²) < 4.78 is 3.45. The second kappa shape index (κ2) is 21.0. The monoisotopic (exact) mass is 566 g/mol. The fourth-order valence-corrected chi connectivity index (χ4v) is 2.58. The first-order valence-corrected chi connectivity index (χ1v) is 11.3. The van der Waals surface area contributed by atoms with E-state index in [1.165, 1.54) is 41.1 Å². The largest absolute Gasteiger partial charge is 0.397 e. The maximum Gasteiger partial charge on any atom is 0.267 e. The Hall–Kier alpha value is -4.96. The van der Waals surface area contributed by atoms with Crippen LogP contribution in [-0.4, -0.2) is 58.7 Å². The highest BCUT2D eigenvalue weighted by molar-refractivity contribution is 5.63. The van der Waals surface area contributed by atoms with Gasteiger partial charge in [0.15, 0.2) is 6.23 Å². The molecule has 4 rings (SSSR count). The van der Waals surface area contributed by atoms with Gasteiger partial charge in [0.2, 0.25) is 0 Å². The van der Waals surface area contributed by atoms with Crippen LogP contribution < -0.4 is 33.4 Å². The van der Waals surface area contributed by atoms with Crippen LogP contribution in [-0.2, 0) is 22.7 Å². The first-order valence-electron chi connectivity index (χ1n) is 11.3. The molecule has 0 unspecified atom stereocenters. The summed E-state index contributed by atoms with van der Waals surface area (Å²) in [7, 11) is 0. The number of hydrogen-bond donors (Lipinski definition) is 5. The van der Waals surface area contributed by atoms with Gasteiger partial charge in [0.1, 0.15) is 12.6 Å². The molecule has 4 heterocycles. The van der Waals surface area contributed by atoms with Crippen LogP contribution in [0.1, 0.15) is 33.4 Å². The summed E-state index contributed by atoms with van der Waals surface area (Å²) >= 11 is 0. The number of aliphatic hydroxyl groups excluding tert-OH is 2. The normalized spacial score (nSPS) is 11.9. The molecule has 0 radical (unpaired) electrons. The molecule has 3 aromatic rings. The summed E-state index contributed by atoms with van der Waals surface area (Å²) in [6, 6.07) is 7.05. The summed E-state index contributed by atoms with van der Waals surface area (Å²) in [5, 5.41) is 23.4. The van der Waals surface area contributed by atoms with Crippen molar-refractivity contribution < 1.29 is 19.8 Å². The molecular weight excluding hydrogens is 532 g/mol. The zero-order valence-electron chi connectivity index (χ0n) is 21.0. The first-order chi connectivity index (χ1) is 18.6. The van der Waals surface area contributed by atoms with Crippen LogP contribution in [0.5, 0.6) is 0 Å². The Bertz CT molecular complexity index is 1470. The van der Waals surface area contributed by atoms with Gasteiger partial charge in [-0.25, -0.2) is 14.0 Å². The Balaban J connectivity index is 0. The van der Waals surface area contributed by atoms with Crippen molar-refractivity contribution in [3.8, 4) is 0 Å². The lowest BCUT2D eigenvalue weighted by Crippen LogP contribution is -2.34. The van der Waals surface area contributed by atoms with Crippen LogP contribution in [0.25, 0.3) is 0 Å². The lowest BCUT2D eigenvalue weighted by atomic mass is 10.4. The van der Waals surface area contributed by atoms with E-state index in [0.29, 0.717) is 25.5 Å². The number of hydrogen-bond acceptors (Lipinski definition) is 10. The Kier molecular flexibility index (Phi) is 19.6. The van der Waals surface area contributed by atoms with Crippen molar-refractivity contribution in [2.24, 2.45) is 0 Å². The van der Waals surface area contributed by atoms with E-state index in [1.807, 2.05) is 0 Å². The number of nitrogens with zero attached hydrogens (tertiary/aromatic N) is 3. The molecule has 0 fully saturated rings. The van der Waals surface area contributed by atoms with E-state index < -0.39 is 6.23 Å². The number of aromatic amines is 3. The highest BCUT2D eigenvalue weighted by atomic mass is 16.3. The van der Waals surface area contributed by atoms with Crippen molar-refractivity contribution in [1.82, 2.24) is 29.3 Å². The Morgan fingerprint density at radius 1 is 0.900 bits per heavy atom. The van der Waals surface area contributed by atoms with Crippen LogP contribution >= 0.6 is 0 Å². The number of carbonyl (C=O) groups excluding carboxylic acids is 2. The number of H-pyrrole nitrogens is 3. The molecule has 16 heteroatoms. The number of rotatable bonds is 4. The molecule has 0 saturated carbocycles. The zero-order chi connectivity index (χ0) is 29.8. The minimum atomic E-state index is -0.841. The lowest BCUT2D eigenvalue weighted by Gasteiger charge is -2.06. The molecule has 1 aliphatic rings. The fourth-order valence-electron chi connectivity index (χ4n) is 2.58. The lowest BCUT2D eigenvalue weighted by molar-refractivity contribution is -0.108. The quantitative estimate of drug-likeness (QED) is 0.173. The maximum absolute atomic E-state index is 11.1. The van der Waals surface area contributed by atoms with Crippen LogP contribution in [0, 0.1) is 0 Å². The molecule has 3 aromatic heterocycles. The average Bonchev–Trinajstić information content (AvgIpc) is 3.32. The number of fused-ring (bicyclic) bond motifs is 1. The predicted molar refractivity (Wildman–Crippen MR) is 146 cm³/mol. The van der Waals surface area contributed by atoms with E-state index in [-0.39, 0.29) is 60.4 Å². The number of aliphatic hydroxyl groups is 2. The molecule has 220 valence electrons. The van der Waals surface area contributed by atoms with E-state index in [1.54, 1.807) is 6.92 Å². The second-order valence-corrected chi connectivity index (χ2v) is 7.00. The molecular formula is C24H34N6O10. The third kappa shape index (κ3) is 14.1. The van der Waals surface area contributed by atoms with E-state index in [0.717, 1.165) is 15.4 Å². The van der Waals surface area contributed by atoms with Crippen molar-refractivity contribution in [3.05, 3.63) is 111 Å². The van der Waals surface area contributed by atoms with Crippen molar-refractivity contribution >= 4 is 12.6 Å². The highest BCUT2D eigenvalue weighted by Gasteiger charge is 2.20. The van der Waals surface area contributed by atoms with Crippen molar-refractivity contribution in [1.29, 1.82) is 0 Å². The molecule has 0 spiro atoms. The zero-order valence-corrected chi connectivity index (χ0v) is 21.0. The Labute approximate surface area is 226 Å². The molecule has 0 bridgehead atoms. The van der Waals surface area contributed by atoms with Gasteiger partial charge in [-0.15, -0.1) is 0 Å². The number of nitrogens with one attached hydrogen (secondary N) is 3. The Morgan fingerprint density at radius 3 is 1.82 bits per heavy atom. The molecule has 0 aliphatic carbocycles. The van der Waals surface area contributed by atoms with Crippen molar-refractivity contribution in [3.63, 3.8) is 0 Å². The van der Waals surface area contributed by atoms with E-state index in [9.17, 15) is 38.7 Å². The summed E-state index contributed by atoms with van der Waals surface area (Å²) in [5.74, 6) is 0. The van der Waals surface area contributed by atoms with Crippen LogP contribution in [0.15, 0.2) is 77.8 Å². The van der Waals surface area contributed by atoms with Crippen LogP contribution in [0.3, 0.4) is 0 Å². The summed E-state index contributed by atoms with van der Waals surface area (Å²) in [5.41, 5.74) is -1.84. The van der Waals surface area contributed by atoms with Gasteiger partial charge in [0.05, 0.1) is 0 Å².